The van der Waals surface area contributed by atoms with Crippen molar-refractivity contribution in [2.24, 2.45) is 0 Å². The minimum Gasteiger partial charge on any atom is -0.317 e. The molecule has 0 saturated carbocycles. The Kier molecular flexibility index (Phi) is 3.51. The van der Waals surface area contributed by atoms with Crippen molar-refractivity contribution in [2.45, 2.75) is 19.4 Å². The van der Waals surface area contributed by atoms with Crippen LogP contribution < -0.4 is 5.32 Å². The van der Waals surface area contributed by atoms with Crippen LogP contribution in [0.25, 0.3) is 10.6 Å². The van der Waals surface area contributed by atoms with Crippen LogP contribution in [-0.2, 0) is 6.42 Å². The van der Waals surface area contributed by atoms with Gasteiger partial charge in [-0.15, -0.1) is 22.7 Å². The van der Waals surface area contributed by atoms with E-state index in [1.54, 1.807) is 22.7 Å². The van der Waals surface area contributed by atoms with E-state index in [2.05, 4.69) is 40.1 Å². The summed E-state index contributed by atoms with van der Waals surface area (Å²) in [7, 11) is 1.98. The zero-order chi connectivity index (χ0) is 10.7. The number of aromatic nitrogens is 1. The molecule has 0 radical (unpaired) electrons. The highest BCUT2D eigenvalue weighted by Crippen LogP contribution is 2.26. The van der Waals surface area contributed by atoms with Crippen LogP contribution in [0, 0.1) is 0 Å². The van der Waals surface area contributed by atoms with Crippen molar-refractivity contribution >= 4 is 22.7 Å². The van der Waals surface area contributed by atoms with Crippen molar-refractivity contribution in [2.75, 3.05) is 7.05 Å². The van der Waals surface area contributed by atoms with E-state index in [1.165, 1.54) is 9.88 Å². The smallest absolute Gasteiger partial charge is 0.0948 e. The van der Waals surface area contributed by atoms with E-state index >= 15 is 0 Å². The Morgan fingerprint density at radius 3 is 3.00 bits per heavy atom. The lowest BCUT2D eigenvalue weighted by atomic mass is 10.2. The van der Waals surface area contributed by atoms with Crippen molar-refractivity contribution in [3.63, 3.8) is 0 Å². The van der Waals surface area contributed by atoms with Crippen LogP contribution in [0.15, 0.2) is 22.9 Å². The molecule has 1 atom stereocenters. The fourth-order valence-electron chi connectivity index (χ4n) is 1.31. The molecule has 2 aromatic rings. The maximum Gasteiger partial charge on any atom is 0.0948 e. The molecule has 0 saturated heterocycles. The standard InChI is InChI=1S/C11H14N2S2/c1-8(12-2)6-11-13-9(7-15-11)10-4-3-5-14-10/h3-5,7-8,12H,6H2,1-2H3. The normalized spacial score (nSPS) is 12.9. The maximum absolute atomic E-state index is 4.63. The van der Waals surface area contributed by atoms with Crippen LogP contribution in [0.5, 0.6) is 0 Å². The Labute approximate surface area is 98.0 Å². The van der Waals surface area contributed by atoms with Crippen molar-refractivity contribution in [3.8, 4) is 10.6 Å². The Morgan fingerprint density at radius 2 is 2.33 bits per heavy atom. The number of nitrogens with one attached hydrogen (secondary N) is 1. The van der Waals surface area contributed by atoms with Gasteiger partial charge in [-0.05, 0) is 25.4 Å². The number of rotatable bonds is 4. The monoisotopic (exact) mass is 238 g/mol. The molecular formula is C11H14N2S2. The number of thiazole rings is 1. The Morgan fingerprint density at radius 1 is 1.47 bits per heavy atom. The number of hydrogen-bond donors (Lipinski definition) is 1. The van der Waals surface area contributed by atoms with Gasteiger partial charge in [0.1, 0.15) is 0 Å². The Bertz CT molecular complexity index is 406. The third-order valence-electron chi connectivity index (χ3n) is 2.30. The molecule has 2 heterocycles. The minimum absolute atomic E-state index is 0.493. The highest BCUT2D eigenvalue weighted by molar-refractivity contribution is 7.14. The van der Waals surface area contributed by atoms with Crippen LogP contribution in [0.2, 0.25) is 0 Å². The zero-order valence-electron chi connectivity index (χ0n) is 8.86. The molecule has 0 bridgehead atoms. The lowest BCUT2D eigenvalue weighted by Gasteiger charge is -2.05. The van der Waals surface area contributed by atoms with Crippen LogP contribution in [0.3, 0.4) is 0 Å². The van der Waals surface area contributed by atoms with E-state index in [-0.39, 0.29) is 0 Å². The molecular weight excluding hydrogens is 224 g/mol. The van der Waals surface area contributed by atoms with Crippen molar-refractivity contribution in [1.82, 2.24) is 10.3 Å². The van der Waals surface area contributed by atoms with Gasteiger partial charge in [0, 0.05) is 17.8 Å². The van der Waals surface area contributed by atoms with E-state index in [4.69, 9.17) is 0 Å². The summed E-state index contributed by atoms with van der Waals surface area (Å²) >= 11 is 3.49. The first-order chi connectivity index (χ1) is 7.29. The fraction of sp³-hybridized carbons (Fsp3) is 0.364. The first kappa shape index (κ1) is 10.8. The van der Waals surface area contributed by atoms with E-state index in [0.717, 1.165) is 12.1 Å². The molecule has 0 aromatic carbocycles. The molecule has 1 unspecified atom stereocenters. The SMILES string of the molecule is CNC(C)Cc1nc(-c2cccs2)cs1. The number of nitrogens with zero attached hydrogens (tertiary/aromatic N) is 1. The molecule has 0 fully saturated rings. The van der Waals surface area contributed by atoms with Crippen LogP contribution >= 0.6 is 22.7 Å². The van der Waals surface area contributed by atoms with Gasteiger partial charge >= 0.3 is 0 Å². The zero-order valence-corrected chi connectivity index (χ0v) is 10.5. The molecule has 80 valence electrons. The van der Waals surface area contributed by atoms with Gasteiger partial charge in [-0.2, -0.15) is 0 Å². The molecule has 2 nitrogen and oxygen atoms in total. The summed E-state index contributed by atoms with van der Waals surface area (Å²) in [6, 6.07) is 4.67. The van der Waals surface area contributed by atoms with E-state index in [1.807, 2.05) is 7.05 Å². The second kappa shape index (κ2) is 4.88. The lowest BCUT2D eigenvalue weighted by molar-refractivity contribution is 0.607. The van der Waals surface area contributed by atoms with Gasteiger partial charge in [-0.3, -0.25) is 0 Å². The molecule has 0 aliphatic carbocycles. The topological polar surface area (TPSA) is 24.9 Å². The van der Waals surface area contributed by atoms with Crippen LogP contribution in [0.4, 0.5) is 0 Å². The molecule has 2 aromatic heterocycles. The van der Waals surface area contributed by atoms with Gasteiger partial charge in [0.15, 0.2) is 0 Å². The molecule has 1 N–H and O–H groups in total. The van der Waals surface area contributed by atoms with Crippen LogP contribution in [0.1, 0.15) is 11.9 Å². The summed E-state index contributed by atoms with van der Waals surface area (Å²) in [4.78, 5) is 5.89. The highest BCUT2D eigenvalue weighted by Gasteiger charge is 2.07. The Balaban J connectivity index is 2.11. The average Bonchev–Trinajstić information content (AvgIpc) is 2.85. The summed E-state index contributed by atoms with van der Waals surface area (Å²) < 4.78 is 0. The fourth-order valence-corrected chi connectivity index (χ4v) is 2.99. The molecule has 15 heavy (non-hydrogen) atoms. The summed E-state index contributed by atoms with van der Waals surface area (Å²) in [6.45, 7) is 2.17. The first-order valence-corrected chi connectivity index (χ1v) is 6.71. The minimum atomic E-state index is 0.493. The van der Waals surface area contributed by atoms with Gasteiger partial charge in [-0.25, -0.2) is 4.98 Å². The lowest BCUT2D eigenvalue weighted by Crippen LogP contribution is -2.23. The van der Waals surface area contributed by atoms with Gasteiger partial charge in [0.2, 0.25) is 0 Å². The molecule has 4 heteroatoms. The van der Waals surface area contributed by atoms with Gasteiger partial charge in [0.05, 0.1) is 15.6 Å². The van der Waals surface area contributed by atoms with E-state index < -0.39 is 0 Å². The molecule has 0 aliphatic heterocycles. The van der Waals surface area contributed by atoms with Crippen molar-refractivity contribution in [1.29, 1.82) is 0 Å². The van der Waals surface area contributed by atoms with Gasteiger partial charge < -0.3 is 5.32 Å². The molecule has 0 amide bonds. The highest BCUT2D eigenvalue weighted by atomic mass is 32.1. The molecule has 2 rings (SSSR count). The number of hydrogen-bond acceptors (Lipinski definition) is 4. The first-order valence-electron chi connectivity index (χ1n) is 4.95. The van der Waals surface area contributed by atoms with Gasteiger partial charge in [-0.1, -0.05) is 6.07 Å². The number of likely N-dealkylation sites (N-methyl/N-ethyl adjacent to an activating group) is 1. The van der Waals surface area contributed by atoms with Crippen LogP contribution in [-0.4, -0.2) is 18.1 Å². The average molecular weight is 238 g/mol. The summed E-state index contributed by atoms with van der Waals surface area (Å²) in [5.41, 5.74) is 1.12. The van der Waals surface area contributed by atoms with Crippen molar-refractivity contribution < 1.29 is 0 Å². The van der Waals surface area contributed by atoms with E-state index in [9.17, 15) is 0 Å². The van der Waals surface area contributed by atoms with Crippen molar-refractivity contribution in [3.05, 3.63) is 27.9 Å². The number of thiophene rings is 1. The second-order valence-corrected chi connectivity index (χ2v) is 5.39. The summed E-state index contributed by atoms with van der Waals surface area (Å²) in [5.74, 6) is 0. The largest absolute Gasteiger partial charge is 0.317 e. The predicted octanol–water partition coefficient (Wildman–Crippen LogP) is 3.02. The summed E-state index contributed by atoms with van der Waals surface area (Å²) in [6.07, 6.45) is 1.01. The third kappa shape index (κ3) is 2.65. The van der Waals surface area contributed by atoms with Gasteiger partial charge in [0.25, 0.3) is 0 Å². The summed E-state index contributed by atoms with van der Waals surface area (Å²) in [5, 5.41) is 8.67. The Hall–Kier alpha value is -0.710. The van der Waals surface area contributed by atoms with E-state index in [0.29, 0.717) is 6.04 Å². The molecule has 0 aliphatic rings. The molecule has 0 spiro atoms. The second-order valence-electron chi connectivity index (χ2n) is 3.50. The predicted molar refractivity (Wildman–Crippen MR) is 67.7 cm³/mol. The quantitative estimate of drug-likeness (QED) is 0.885. The maximum atomic E-state index is 4.63. The third-order valence-corrected chi connectivity index (χ3v) is 4.06.